The van der Waals surface area contributed by atoms with E-state index in [0.29, 0.717) is 5.75 Å². The van der Waals surface area contributed by atoms with Crippen LogP contribution in [0.5, 0.6) is 0 Å². The van der Waals surface area contributed by atoms with Crippen LogP contribution in [0.3, 0.4) is 0 Å². The van der Waals surface area contributed by atoms with E-state index in [0.717, 1.165) is 17.2 Å². The summed E-state index contributed by atoms with van der Waals surface area (Å²) in [7, 11) is -0.701. The fourth-order valence-electron chi connectivity index (χ4n) is 0.762. The monoisotopic (exact) mass is 189 g/mol. The van der Waals surface area contributed by atoms with Gasteiger partial charge >= 0.3 is 0 Å². The van der Waals surface area contributed by atoms with Crippen molar-refractivity contribution in [2.24, 2.45) is 0 Å². The van der Waals surface area contributed by atoms with E-state index in [-0.39, 0.29) is 0 Å². The van der Waals surface area contributed by atoms with Crippen molar-refractivity contribution >= 4 is 22.1 Å². The summed E-state index contributed by atoms with van der Waals surface area (Å²) in [6, 6.07) is 0. The van der Waals surface area contributed by atoms with Crippen molar-refractivity contribution in [3.05, 3.63) is 16.6 Å². The normalized spacial score (nSPS) is 13.2. The SMILES string of the molecule is CCCS(=O)Cc1nccs1. The standard InChI is InChI=1S/C7H11NOS2/c1-2-5-11(9)6-7-8-3-4-10-7/h3-4H,2,5-6H2,1H3. The van der Waals surface area contributed by atoms with Crippen molar-refractivity contribution in [3.8, 4) is 0 Å². The molecule has 0 amide bonds. The summed E-state index contributed by atoms with van der Waals surface area (Å²) in [4.78, 5) is 4.06. The minimum atomic E-state index is -0.701. The van der Waals surface area contributed by atoms with E-state index in [2.05, 4.69) is 4.98 Å². The third-order valence-electron chi connectivity index (χ3n) is 1.20. The highest BCUT2D eigenvalue weighted by molar-refractivity contribution is 7.84. The van der Waals surface area contributed by atoms with Crippen LogP contribution in [-0.2, 0) is 16.6 Å². The summed E-state index contributed by atoms with van der Waals surface area (Å²) >= 11 is 1.57. The average Bonchev–Trinajstić information content (AvgIpc) is 2.40. The van der Waals surface area contributed by atoms with E-state index >= 15 is 0 Å². The van der Waals surface area contributed by atoms with Crippen LogP contribution in [0.25, 0.3) is 0 Å². The summed E-state index contributed by atoms with van der Waals surface area (Å²) in [5.74, 6) is 1.42. The Morgan fingerprint density at radius 2 is 2.55 bits per heavy atom. The Balaban J connectivity index is 2.37. The van der Waals surface area contributed by atoms with Crippen LogP contribution in [0.1, 0.15) is 18.4 Å². The molecule has 62 valence electrons. The number of thiazole rings is 1. The van der Waals surface area contributed by atoms with Gasteiger partial charge in [0.25, 0.3) is 0 Å². The molecule has 0 radical (unpaired) electrons. The Hall–Kier alpha value is -0.220. The lowest BCUT2D eigenvalue weighted by Crippen LogP contribution is -1.98. The first kappa shape index (κ1) is 8.87. The van der Waals surface area contributed by atoms with Gasteiger partial charge in [-0.05, 0) is 6.42 Å². The van der Waals surface area contributed by atoms with E-state index in [9.17, 15) is 4.21 Å². The lowest BCUT2D eigenvalue weighted by atomic mass is 10.6. The molecule has 0 aliphatic rings. The summed E-state index contributed by atoms with van der Waals surface area (Å²) in [6.45, 7) is 2.04. The van der Waals surface area contributed by atoms with Crippen molar-refractivity contribution in [3.63, 3.8) is 0 Å². The maximum Gasteiger partial charge on any atom is 0.105 e. The molecule has 0 aliphatic carbocycles. The Bertz CT molecular complexity index is 220. The lowest BCUT2D eigenvalue weighted by Gasteiger charge is -1.94. The highest BCUT2D eigenvalue weighted by Gasteiger charge is 2.01. The summed E-state index contributed by atoms with van der Waals surface area (Å²) in [5.41, 5.74) is 0. The van der Waals surface area contributed by atoms with Crippen LogP contribution in [0.2, 0.25) is 0 Å². The molecule has 11 heavy (non-hydrogen) atoms. The molecule has 1 rings (SSSR count). The van der Waals surface area contributed by atoms with Gasteiger partial charge in [-0.2, -0.15) is 0 Å². The summed E-state index contributed by atoms with van der Waals surface area (Å²) < 4.78 is 11.2. The van der Waals surface area contributed by atoms with Crippen molar-refractivity contribution in [2.75, 3.05) is 5.75 Å². The molecule has 0 aliphatic heterocycles. The van der Waals surface area contributed by atoms with Crippen molar-refractivity contribution in [2.45, 2.75) is 19.1 Å². The molecule has 1 atom stereocenters. The van der Waals surface area contributed by atoms with Crippen molar-refractivity contribution in [1.82, 2.24) is 4.98 Å². The third kappa shape index (κ3) is 3.12. The van der Waals surface area contributed by atoms with Crippen LogP contribution < -0.4 is 0 Å². The lowest BCUT2D eigenvalue weighted by molar-refractivity contribution is 0.681. The average molecular weight is 189 g/mol. The molecule has 0 N–H and O–H groups in total. The van der Waals surface area contributed by atoms with Crippen LogP contribution >= 0.6 is 11.3 Å². The largest absolute Gasteiger partial charge is 0.259 e. The third-order valence-corrected chi connectivity index (χ3v) is 3.62. The maximum atomic E-state index is 11.2. The molecular formula is C7H11NOS2. The second-order valence-corrected chi connectivity index (χ2v) is 4.77. The molecule has 1 unspecified atom stereocenters. The molecule has 2 nitrogen and oxygen atoms in total. The Morgan fingerprint density at radius 1 is 1.73 bits per heavy atom. The zero-order valence-corrected chi connectivity index (χ0v) is 8.08. The van der Waals surface area contributed by atoms with Gasteiger partial charge in [-0.15, -0.1) is 11.3 Å². The van der Waals surface area contributed by atoms with E-state index in [1.807, 2.05) is 12.3 Å². The van der Waals surface area contributed by atoms with Gasteiger partial charge in [-0.3, -0.25) is 4.21 Å². The fourth-order valence-corrected chi connectivity index (χ4v) is 2.78. The first-order valence-electron chi connectivity index (χ1n) is 3.56. The Kier molecular flexibility index (Phi) is 3.72. The topological polar surface area (TPSA) is 30.0 Å². The Morgan fingerprint density at radius 3 is 3.09 bits per heavy atom. The first-order valence-corrected chi connectivity index (χ1v) is 5.93. The number of hydrogen-bond donors (Lipinski definition) is 0. The zero-order chi connectivity index (χ0) is 8.10. The summed E-state index contributed by atoms with van der Waals surface area (Å²) in [5, 5.41) is 2.90. The van der Waals surface area contributed by atoms with Gasteiger partial charge in [0.05, 0.1) is 5.75 Å². The molecule has 0 saturated carbocycles. The van der Waals surface area contributed by atoms with Crippen LogP contribution in [0.15, 0.2) is 11.6 Å². The van der Waals surface area contributed by atoms with E-state index in [1.165, 1.54) is 0 Å². The molecule has 0 fully saturated rings. The van der Waals surface area contributed by atoms with Gasteiger partial charge in [0.15, 0.2) is 0 Å². The number of aromatic nitrogens is 1. The van der Waals surface area contributed by atoms with Crippen LogP contribution in [0, 0.1) is 0 Å². The van der Waals surface area contributed by atoms with Crippen LogP contribution in [-0.4, -0.2) is 14.9 Å². The fraction of sp³-hybridized carbons (Fsp3) is 0.571. The van der Waals surface area contributed by atoms with Crippen LogP contribution in [0.4, 0.5) is 0 Å². The smallest absolute Gasteiger partial charge is 0.105 e. The molecule has 0 spiro atoms. The summed E-state index contributed by atoms with van der Waals surface area (Å²) in [6.07, 6.45) is 2.74. The van der Waals surface area contributed by atoms with Gasteiger partial charge in [0.2, 0.25) is 0 Å². The van der Waals surface area contributed by atoms with Gasteiger partial charge in [0.1, 0.15) is 5.01 Å². The van der Waals surface area contributed by atoms with Gasteiger partial charge in [-0.1, -0.05) is 6.92 Å². The molecule has 0 aromatic carbocycles. The van der Waals surface area contributed by atoms with Crippen molar-refractivity contribution < 1.29 is 4.21 Å². The highest BCUT2D eigenvalue weighted by atomic mass is 32.2. The molecule has 4 heteroatoms. The predicted octanol–water partition coefficient (Wildman–Crippen LogP) is 1.80. The minimum absolute atomic E-state index is 0.630. The number of nitrogens with zero attached hydrogens (tertiary/aromatic N) is 1. The molecule has 1 aromatic heterocycles. The second kappa shape index (κ2) is 4.62. The molecule has 0 bridgehead atoms. The number of rotatable bonds is 4. The zero-order valence-electron chi connectivity index (χ0n) is 6.45. The van der Waals surface area contributed by atoms with E-state index in [4.69, 9.17) is 0 Å². The molecular weight excluding hydrogens is 178 g/mol. The highest BCUT2D eigenvalue weighted by Crippen LogP contribution is 2.07. The van der Waals surface area contributed by atoms with Gasteiger partial charge in [-0.25, -0.2) is 4.98 Å². The molecule has 1 heterocycles. The predicted molar refractivity (Wildman–Crippen MR) is 49.1 cm³/mol. The van der Waals surface area contributed by atoms with E-state index < -0.39 is 10.8 Å². The maximum absolute atomic E-state index is 11.2. The van der Waals surface area contributed by atoms with Gasteiger partial charge < -0.3 is 0 Å². The number of hydrogen-bond acceptors (Lipinski definition) is 3. The first-order chi connectivity index (χ1) is 5.33. The molecule has 0 saturated heterocycles. The Labute approximate surface area is 73.1 Å². The van der Waals surface area contributed by atoms with Crippen molar-refractivity contribution in [1.29, 1.82) is 0 Å². The molecule has 1 aromatic rings. The van der Waals surface area contributed by atoms with E-state index in [1.54, 1.807) is 17.5 Å². The van der Waals surface area contributed by atoms with Gasteiger partial charge in [0, 0.05) is 28.1 Å². The minimum Gasteiger partial charge on any atom is -0.259 e. The quantitative estimate of drug-likeness (QED) is 0.723. The second-order valence-electron chi connectivity index (χ2n) is 2.21.